The van der Waals surface area contributed by atoms with Gasteiger partial charge in [-0.1, -0.05) is 20.3 Å². The standard InChI is InChI=1S/C23H27NO5/c1-3-5-15-28-20-13-9-18(10-14-20)23(27)29-16-21(25)17-7-11-19(12-8-17)24-22(26)6-4-2/h7-14H,3-6,15-16H2,1-2H3,(H,24,26). The average Bonchev–Trinajstić information content (AvgIpc) is 2.73. The Morgan fingerprint density at radius 3 is 2.14 bits per heavy atom. The Labute approximate surface area is 171 Å². The van der Waals surface area contributed by atoms with E-state index in [-0.39, 0.29) is 18.3 Å². The Morgan fingerprint density at radius 1 is 0.862 bits per heavy atom. The van der Waals surface area contributed by atoms with Crippen LogP contribution >= 0.6 is 0 Å². The van der Waals surface area contributed by atoms with Crippen LogP contribution in [0.2, 0.25) is 0 Å². The lowest BCUT2D eigenvalue weighted by Gasteiger charge is -2.08. The maximum atomic E-state index is 12.2. The molecule has 0 saturated heterocycles. The predicted octanol–water partition coefficient (Wildman–Crippen LogP) is 4.64. The minimum atomic E-state index is -0.568. The van der Waals surface area contributed by atoms with Gasteiger partial charge in [-0.25, -0.2) is 4.79 Å². The normalized spacial score (nSPS) is 10.3. The number of unbranched alkanes of at least 4 members (excludes halogenated alkanes) is 1. The number of benzene rings is 2. The average molecular weight is 397 g/mol. The zero-order valence-electron chi connectivity index (χ0n) is 16.9. The van der Waals surface area contributed by atoms with Crippen LogP contribution in [0.1, 0.15) is 60.2 Å². The largest absolute Gasteiger partial charge is 0.494 e. The van der Waals surface area contributed by atoms with Gasteiger partial charge in [-0.15, -0.1) is 0 Å². The lowest BCUT2D eigenvalue weighted by molar-refractivity contribution is -0.116. The second-order valence-corrected chi connectivity index (χ2v) is 6.60. The second kappa shape index (κ2) is 11.6. The number of anilines is 1. The van der Waals surface area contributed by atoms with Crippen LogP contribution in [0.3, 0.4) is 0 Å². The Hall–Kier alpha value is -3.15. The molecule has 0 atom stereocenters. The number of ether oxygens (including phenoxy) is 2. The predicted molar refractivity (Wildman–Crippen MR) is 111 cm³/mol. The van der Waals surface area contributed by atoms with Gasteiger partial charge < -0.3 is 14.8 Å². The third-order valence-corrected chi connectivity index (χ3v) is 4.16. The van der Waals surface area contributed by atoms with Crippen LogP contribution < -0.4 is 10.1 Å². The fraction of sp³-hybridized carbons (Fsp3) is 0.348. The van der Waals surface area contributed by atoms with Gasteiger partial charge in [-0.3, -0.25) is 9.59 Å². The van der Waals surface area contributed by atoms with Crippen molar-refractivity contribution in [3.8, 4) is 5.75 Å². The van der Waals surface area contributed by atoms with Crippen molar-refractivity contribution >= 4 is 23.3 Å². The summed E-state index contributed by atoms with van der Waals surface area (Å²) < 4.78 is 10.7. The zero-order chi connectivity index (χ0) is 21.1. The highest BCUT2D eigenvalue weighted by Crippen LogP contribution is 2.14. The number of Topliss-reactive ketones (excluding diaryl/α,β-unsaturated/α-hetero) is 1. The number of carbonyl (C=O) groups is 3. The molecule has 6 heteroatoms. The molecule has 1 amide bonds. The van der Waals surface area contributed by atoms with E-state index in [1.165, 1.54) is 0 Å². The first kappa shape index (κ1) is 22.1. The van der Waals surface area contributed by atoms with Crippen molar-refractivity contribution in [2.45, 2.75) is 39.5 Å². The van der Waals surface area contributed by atoms with Gasteiger partial charge >= 0.3 is 5.97 Å². The summed E-state index contributed by atoms with van der Waals surface area (Å²) in [4.78, 5) is 35.9. The summed E-state index contributed by atoms with van der Waals surface area (Å²) in [5, 5.41) is 2.76. The maximum Gasteiger partial charge on any atom is 0.338 e. The molecule has 154 valence electrons. The highest BCUT2D eigenvalue weighted by Gasteiger charge is 2.12. The van der Waals surface area contributed by atoms with Crippen LogP contribution in [0, 0.1) is 0 Å². The van der Waals surface area contributed by atoms with Crippen molar-refractivity contribution < 1.29 is 23.9 Å². The van der Waals surface area contributed by atoms with Crippen LogP contribution in [0.5, 0.6) is 5.75 Å². The molecular weight excluding hydrogens is 370 g/mol. The molecule has 0 fully saturated rings. The third kappa shape index (κ3) is 7.41. The van der Waals surface area contributed by atoms with Gasteiger partial charge in [0.2, 0.25) is 5.91 Å². The summed E-state index contributed by atoms with van der Waals surface area (Å²) in [6.45, 7) is 4.30. The smallest absolute Gasteiger partial charge is 0.338 e. The molecule has 0 spiro atoms. The molecule has 2 aromatic rings. The molecule has 0 aliphatic rings. The summed E-state index contributed by atoms with van der Waals surface area (Å²) in [6, 6.07) is 13.1. The Bertz CT molecular complexity index is 812. The summed E-state index contributed by atoms with van der Waals surface area (Å²) in [5.41, 5.74) is 1.39. The summed E-state index contributed by atoms with van der Waals surface area (Å²) in [6.07, 6.45) is 3.23. The van der Waals surface area contributed by atoms with Crippen molar-refractivity contribution in [3.63, 3.8) is 0 Å². The summed E-state index contributed by atoms with van der Waals surface area (Å²) in [5.74, 6) is -0.259. The molecular formula is C23H27NO5. The van der Waals surface area contributed by atoms with Gasteiger partial charge in [0.05, 0.1) is 12.2 Å². The zero-order valence-corrected chi connectivity index (χ0v) is 16.9. The number of ketones is 1. The van der Waals surface area contributed by atoms with E-state index in [0.29, 0.717) is 35.6 Å². The molecule has 0 aliphatic carbocycles. The van der Waals surface area contributed by atoms with Crippen molar-refractivity contribution in [1.29, 1.82) is 0 Å². The van der Waals surface area contributed by atoms with E-state index in [1.54, 1.807) is 48.5 Å². The van der Waals surface area contributed by atoms with E-state index in [2.05, 4.69) is 12.2 Å². The van der Waals surface area contributed by atoms with Crippen molar-refractivity contribution in [1.82, 2.24) is 0 Å². The monoisotopic (exact) mass is 397 g/mol. The van der Waals surface area contributed by atoms with Crippen molar-refractivity contribution in [3.05, 3.63) is 59.7 Å². The molecule has 0 radical (unpaired) electrons. The minimum Gasteiger partial charge on any atom is -0.494 e. The molecule has 0 saturated carbocycles. The molecule has 2 aromatic carbocycles. The SMILES string of the molecule is CCCCOc1ccc(C(=O)OCC(=O)c2ccc(NC(=O)CCC)cc2)cc1. The van der Waals surface area contributed by atoms with E-state index < -0.39 is 5.97 Å². The number of rotatable bonds is 11. The van der Waals surface area contributed by atoms with E-state index in [9.17, 15) is 14.4 Å². The number of amides is 1. The number of hydrogen-bond acceptors (Lipinski definition) is 5. The van der Waals surface area contributed by atoms with E-state index >= 15 is 0 Å². The van der Waals surface area contributed by atoms with Crippen LogP contribution in [-0.2, 0) is 9.53 Å². The molecule has 0 heterocycles. The molecule has 0 bridgehead atoms. The molecule has 29 heavy (non-hydrogen) atoms. The molecule has 0 aromatic heterocycles. The topological polar surface area (TPSA) is 81.7 Å². The van der Waals surface area contributed by atoms with Crippen LogP contribution in [0.4, 0.5) is 5.69 Å². The highest BCUT2D eigenvalue weighted by atomic mass is 16.5. The lowest BCUT2D eigenvalue weighted by Crippen LogP contribution is -2.14. The van der Waals surface area contributed by atoms with Crippen LogP contribution in [-0.4, -0.2) is 30.9 Å². The van der Waals surface area contributed by atoms with Crippen molar-refractivity contribution in [2.24, 2.45) is 0 Å². The first-order valence-electron chi connectivity index (χ1n) is 9.86. The Balaban J connectivity index is 1.83. The third-order valence-electron chi connectivity index (χ3n) is 4.16. The molecule has 1 N–H and O–H groups in total. The second-order valence-electron chi connectivity index (χ2n) is 6.60. The van der Waals surface area contributed by atoms with Gasteiger partial charge in [0.1, 0.15) is 5.75 Å². The summed E-state index contributed by atoms with van der Waals surface area (Å²) in [7, 11) is 0. The molecule has 0 aliphatic heterocycles. The molecule has 6 nitrogen and oxygen atoms in total. The lowest BCUT2D eigenvalue weighted by atomic mass is 10.1. The van der Waals surface area contributed by atoms with Crippen LogP contribution in [0.15, 0.2) is 48.5 Å². The number of carbonyl (C=O) groups excluding carboxylic acids is 3. The van der Waals surface area contributed by atoms with Gasteiger partial charge in [0.15, 0.2) is 12.4 Å². The number of nitrogens with one attached hydrogen (secondary N) is 1. The van der Waals surface area contributed by atoms with Crippen molar-refractivity contribution in [2.75, 3.05) is 18.5 Å². The molecule has 0 unspecified atom stereocenters. The fourth-order valence-corrected chi connectivity index (χ4v) is 2.51. The first-order chi connectivity index (χ1) is 14.0. The Kier molecular flexibility index (Phi) is 8.89. The fourth-order valence-electron chi connectivity index (χ4n) is 2.51. The van der Waals surface area contributed by atoms with Crippen LogP contribution in [0.25, 0.3) is 0 Å². The van der Waals surface area contributed by atoms with Gasteiger partial charge in [-0.05, 0) is 61.4 Å². The van der Waals surface area contributed by atoms with E-state index in [4.69, 9.17) is 9.47 Å². The van der Waals surface area contributed by atoms with E-state index in [1.807, 2.05) is 6.92 Å². The Morgan fingerprint density at radius 2 is 1.52 bits per heavy atom. The van der Waals surface area contributed by atoms with E-state index in [0.717, 1.165) is 19.3 Å². The summed E-state index contributed by atoms with van der Waals surface area (Å²) >= 11 is 0. The minimum absolute atomic E-state index is 0.0673. The quantitative estimate of drug-likeness (QED) is 0.339. The van der Waals surface area contributed by atoms with Gasteiger partial charge in [-0.2, -0.15) is 0 Å². The number of esters is 1. The highest BCUT2D eigenvalue weighted by molar-refractivity contribution is 6.00. The van der Waals surface area contributed by atoms with Gasteiger partial charge in [0, 0.05) is 17.7 Å². The molecule has 2 rings (SSSR count). The van der Waals surface area contributed by atoms with Gasteiger partial charge in [0.25, 0.3) is 0 Å². The first-order valence-corrected chi connectivity index (χ1v) is 9.86. The number of hydrogen-bond donors (Lipinski definition) is 1. The maximum absolute atomic E-state index is 12.2.